The predicted octanol–water partition coefficient (Wildman–Crippen LogP) is 3.46. The van der Waals surface area contributed by atoms with Crippen LogP contribution >= 0.6 is 11.3 Å². The molecule has 0 atom stereocenters. The maximum atomic E-state index is 4.61. The van der Waals surface area contributed by atoms with Crippen LogP contribution in [0.25, 0.3) is 11.3 Å². The Balaban J connectivity index is 1.70. The van der Waals surface area contributed by atoms with Crippen LogP contribution in [0.3, 0.4) is 0 Å². The van der Waals surface area contributed by atoms with Gasteiger partial charge in [0, 0.05) is 35.8 Å². The number of hydrogen-bond acceptors (Lipinski definition) is 4. The smallest absolute Gasteiger partial charge is 0.183 e. The topological polar surface area (TPSA) is 42.7 Å². The first kappa shape index (κ1) is 12.9. The lowest BCUT2D eigenvalue weighted by molar-refractivity contribution is 0.738. The first-order valence-electron chi connectivity index (χ1n) is 6.46. The van der Waals surface area contributed by atoms with Crippen LogP contribution in [0, 0.1) is 6.92 Å². The number of nitrogens with zero attached hydrogens (tertiary/aromatic N) is 3. The molecule has 0 radical (unpaired) electrons. The van der Waals surface area contributed by atoms with Gasteiger partial charge >= 0.3 is 0 Å². The normalized spacial score (nSPS) is 10.7. The fraction of sp³-hybridized carbons (Fsp3) is 0.200. The van der Waals surface area contributed by atoms with E-state index in [1.165, 1.54) is 11.3 Å². The van der Waals surface area contributed by atoms with Crippen molar-refractivity contribution in [3.63, 3.8) is 0 Å². The van der Waals surface area contributed by atoms with E-state index in [9.17, 15) is 0 Å². The number of nitrogens with one attached hydrogen (secondary N) is 1. The van der Waals surface area contributed by atoms with E-state index in [1.807, 2.05) is 36.1 Å². The van der Waals surface area contributed by atoms with Crippen LogP contribution in [0.15, 0.2) is 41.9 Å². The van der Waals surface area contributed by atoms with Crippen LogP contribution in [0.2, 0.25) is 0 Å². The van der Waals surface area contributed by atoms with Gasteiger partial charge in [-0.15, -0.1) is 11.3 Å². The number of anilines is 1. The Morgan fingerprint density at radius 1 is 1.25 bits per heavy atom. The summed E-state index contributed by atoms with van der Waals surface area (Å²) in [4.78, 5) is 4.61. The van der Waals surface area contributed by atoms with Crippen molar-refractivity contribution in [3.05, 3.63) is 53.2 Å². The van der Waals surface area contributed by atoms with Crippen molar-refractivity contribution in [3.8, 4) is 11.3 Å². The van der Waals surface area contributed by atoms with Crippen molar-refractivity contribution in [1.82, 2.24) is 14.8 Å². The second-order valence-corrected chi connectivity index (χ2v) is 5.49. The first-order chi connectivity index (χ1) is 9.74. The summed E-state index contributed by atoms with van der Waals surface area (Å²) in [5, 5.41) is 10.6. The number of hydrogen-bond donors (Lipinski definition) is 1. The van der Waals surface area contributed by atoms with Crippen LogP contribution < -0.4 is 5.32 Å². The lowest BCUT2D eigenvalue weighted by Crippen LogP contribution is -2.01. The Labute approximate surface area is 122 Å². The molecule has 102 valence electrons. The van der Waals surface area contributed by atoms with Gasteiger partial charge in [-0.3, -0.25) is 4.68 Å². The van der Waals surface area contributed by atoms with Crippen molar-refractivity contribution in [2.45, 2.75) is 13.5 Å². The van der Waals surface area contributed by atoms with Crippen LogP contribution in [0.5, 0.6) is 0 Å². The van der Waals surface area contributed by atoms with Gasteiger partial charge < -0.3 is 5.32 Å². The molecule has 0 fully saturated rings. The summed E-state index contributed by atoms with van der Waals surface area (Å²) in [6.45, 7) is 2.82. The van der Waals surface area contributed by atoms with Gasteiger partial charge in [0.05, 0.1) is 11.9 Å². The Morgan fingerprint density at radius 3 is 2.75 bits per heavy atom. The Bertz CT molecular complexity index is 700. The molecular weight excluding hydrogens is 268 g/mol. The third-order valence-corrected chi connectivity index (χ3v) is 4.14. The zero-order valence-electron chi connectivity index (χ0n) is 11.5. The van der Waals surface area contributed by atoms with Gasteiger partial charge in [-0.2, -0.15) is 5.10 Å². The number of rotatable bonds is 4. The van der Waals surface area contributed by atoms with Gasteiger partial charge in [0.15, 0.2) is 5.13 Å². The molecule has 4 nitrogen and oxygen atoms in total. The molecule has 3 aromatic rings. The fourth-order valence-corrected chi connectivity index (χ4v) is 2.70. The number of aryl methyl sites for hydroxylation is 1. The van der Waals surface area contributed by atoms with Gasteiger partial charge in [-0.05, 0) is 6.92 Å². The van der Waals surface area contributed by atoms with Gasteiger partial charge in [0.25, 0.3) is 0 Å². The molecule has 1 aromatic carbocycles. The Morgan fingerprint density at radius 2 is 2.05 bits per heavy atom. The lowest BCUT2D eigenvalue weighted by atomic mass is 10.2. The summed E-state index contributed by atoms with van der Waals surface area (Å²) in [6.07, 6.45) is 1.90. The molecule has 0 spiro atoms. The zero-order valence-corrected chi connectivity index (χ0v) is 12.3. The highest BCUT2D eigenvalue weighted by Crippen LogP contribution is 2.25. The summed E-state index contributed by atoms with van der Waals surface area (Å²) >= 11 is 1.63. The molecule has 1 N–H and O–H groups in total. The van der Waals surface area contributed by atoms with Crippen molar-refractivity contribution in [2.24, 2.45) is 7.05 Å². The van der Waals surface area contributed by atoms with Crippen molar-refractivity contribution < 1.29 is 0 Å². The molecular formula is C15H16N4S. The molecule has 5 heteroatoms. The van der Waals surface area contributed by atoms with E-state index in [1.54, 1.807) is 11.3 Å². The van der Waals surface area contributed by atoms with E-state index in [-0.39, 0.29) is 0 Å². The SMILES string of the molecule is Cc1c(CNc2nc(-c3ccccc3)cs2)cnn1C. The van der Waals surface area contributed by atoms with Crippen LogP contribution in [0.1, 0.15) is 11.3 Å². The van der Waals surface area contributed by atoms with Crippen molar-refractivity contribution in [2.75, 3.05) is 5.32 Å². The zero-order chi connectivity index (χ0) is 13.9. The second kappa shape index (κ2) is 5.46. The molecule has 3 rings (SSSR count). The van der Waals surface area contributed by atoms with Crippen LogP contribution in [0.4, 0.5) is 5.13 Å². The molecule has 0 bridgehead atoms. The highest BCUT2D eigenvalue weighted by atomic mass is 32.1. The average molecular weight is 284 g/mol. The van der Waals surface area contributed by atoms with Crippen LogP contribution in [-0.2, 0) is 13.6 Å². The largest absolute Gasteiger partial charge is 0.357 e. The minimum absolute atomic E-state index is 0.751. The molecule has 0 aliphatic carbocycles. The summed E-state index contributed by atoms with van der Waals surface area (Å²) < 4.78 is 1.88. The van der Waals surface area contributed by atoms with E-state index in [0.717, 1.165) is 22.9 Å². The maximum Gasteiger partial charge on any atom is 0.183 e. The van der Waals surface area contributed by atoms with E-state index in [4.69, 9.17) is 0 Å². The average Bonchev–Trinajstić information content (AvgIpc) is 3.07. The molecule has 20 heavy (non-hydrogen) atoms. The van der Waals surface area contributed by atoms with Gasteiger partial charge in [0.2, 0.25) is 0 Å². The lowest BCUT2D eigenvalue weighted by Gasteiger charge is -2.02. The molecule has 0 aliphatic heterocycles. The highest BCUT2D eigenvalue weighted by molar-refractivity contribution is 7.14. The Kier molecular flexibility index (Phi) is 3.52. The molecule has 0 aliphatic rings. The Hall–Kier alpha value is -2.14. The van der Waals surface area contributed by atoms with Gasteiger partial charge in [0.1, 0.15) is 0 Å². The molecule has 2 aromatic heterocycles. The predicted molar refractivity (Wildman–Crippen MR) is 82.8 cm³/mol. The van der Waals surface area contributed by atoms with Gasteiger partial charge in [-0.25, -0.2) is 4.98 Å². The van der Waals surface area contributed by atoms with E-state index < -0.39 is 0 Å². The molecule has 0 saturated carbocycles. The van der Waals surface area contributed by atoms with E-state index in [0.29, 0.717) is 0 Å². The number of benzene rings is 1. The standard InChI is InChI=1S/C15H16N4S/c1-11-13(9-17-19(11)2)8-16-15-18-14(10-20-15)12-6-4-3-5-7-12/h3-7,9-10H,8H2,1-2H3,(H,16,18). The van der Waals surface area contributed by atoms with Crippen molar-refractivity contribution in [1.29, 1.82) is 0 Å². The molecule has 2 heterocycles. The monoisotopic (exact) mass is 284 g/mol. The van der Waals surface area contributed by atoms with Gasteiger partial charge in [-0.1, -0.05) is 30.3 Å². The minimum Gasteiger partial charge on any atom is -0.357 e. The highest BCUT2D eigenvalue weighted by Gasteiger charge is 2.06. The summed E-state index contributed by atoms with van der Waals surface area (Å²) in [7, 11) is 1.95. The second-order valence-electron chi connectivity index (χ2n) is 4.64. The summed E-state index contributed by atoms with van der Waals surface area (Å²) in [5.74, 6) is 0. The summed E-state index contributed by atoms with van der Waals surface area (Å²) in [6, 6.07) is 10.2. The molecule has 0 saturated heterocycles. The fourth-order valence-electron chi connectivity index (χ4n) is 1.98. The summed E-state index contributed by atoms with van der Waals surface area (Å²) in [5.41, 5.74) is 4.54. The minimum atomic E-state index is 0.751. The molecule has 0 unspecified atom stereocenters. The molecule has 0 amide bonds. The van der Waals surface area contributed by atoms with Crippen molar-refractivity contribution >= 4 is 16.5 Å². The van der Waals surface area contributed by atoms with E-state index >= 15 is 0 Å². The quantitative estimate of drug-likeness (QED) is 0.797. The number of aromatic nitrogens is 3. The number of thiazole rings is 1. The first-order valence-corrected chi connectivity index (χ1v) is 7.34. The van der Waals surface area contributed by atoms with E-state index in [2.05, 4.69) is 39.8 Å². The third-order valence-electron chi connectivity index (χ3n) is 3.34. The maximum absolute atomic E-state index is 4.61. The van der Waals surface area contributed by atoms with Crippen LogP contribution in [-0.4, -0.2) is 14.8 Å². The third kappa shape index (κ3) is 2.58.